The van der Waals surface area contributed by atoms with E-state index in [0.717, 1.165) is 16.9 Å². The molecule has 1 unspecified atom stereocenters. The fourth-order valence-electron chi connectivity index (χ4n) is 2.28. The monoisotopic (exact) mass is 282 g/mol. The molecule has 2 nitrogen and oxygen atoms in total. The predicted molar refractivity (Wildman–Crippen MR) is 71.5 cm³/mol. The van der Waals surface area contributed by atoms with Crippen LogP contribution in [0, 0.1) is 5.92 Å². The van der Waals surface area contributed by atoms with Gasteiger partial charge in [-0.2, -0.15) is 0 Å². The van der Waals surface area contributed by atoms with Gasteiger partial charge in [0.1, 0.15) is 0 Å². The number of halogens is 1. The van der Waals surface area contributed by atoms with Crippen LogP contribution < -0.4 is 5.32 Å². The molecular formula is C13H19BrN2. The van der Waals surface area contributed by atoms with E-state index in [4.69, 9.17) is 0 Å². The molecular weight excluding hydrogens is 264 g/mol. The molecule has 16 heavy (non-hydrogen) atoms. The van der Waals surface area contributed by atoms with E-state index >= 15 is 0 Å². The molecule has 1 aliphatic rings. The molecule has 1 saturated heterocycles. The Balaban J connectivity index is 1.81. The maximum atomic E-state index is 3.46. The third-order valence-corrected chi connectivity index (χ3v) is 3.63. The number of hydrogen-bond acceptors (Lipinski definition) is 2. The van der Waals surface area contributed by atoms with Crippen molar-refractivity contribution in [3.8, 4) is 0 Å². The minimum atomic E-state index is 0.834. The van der Waals surface area contributed by atoms with Gasteiger partial charge in [0.25, 0.3) is 0 Å². The molecule has 1 heterocycles. The average molecular weight is 283 g/mol. The molecule has 0 radical (unpaired) electrons. The van der Waals surface area contributed by atoms with Gasteiger partial charge in [0.2, 0.25) is 0 Å². The zero-order valence-electron chi connectivity index (χ0n) is 9.75. The highest BCUT2D eigenvalue weighted by atomic mass is 79.9. The maximum Gasteiger partial charge on any atom is 0.0230 e. The normalized spacial score (nSPS) is 20.6. The highest BCUT2D eigenvalue weighted by molar-refractivity contribution is 9.10. The molecule has 1 fully saturated rings. The van der Waals surface area contributed by atoms with Crippen molar-refractivity contribution in [3.05, 3.63) is 34.3 Å². The van der Waals surface area contributed by atoms with Gasteiger partial charge in [-0.15, -0.1) is 0 Å². The Morgan fingerprint density at radius 1 is 1.38 bits per heavy atom. The van der Waals surface area contributed by atoms with Crippen molar-refractivity contribution < 1.29 is 0 Å². The summed E-state index contributed by atoms with van der Waals surface area (Å²) < 4.78 is 1.15. The fraction of sp³-hybridized carbons (Fsp3) is 0.538. The zero-order chi connectivity index (χ0) is 11.4. The molecule has 0 saturated carbocycles. The second kappa shape index (κ2) is 5.80. The largest absolute Gasteiger partial charge is 0.316 e. The highest BCUT2D eigenvalue weighted by Crippen LogP contribution is 2.14. The van der Waals surface area contributed by atoms with Crippen LogP contribution in [0.4, 0.5) is 0 Å². The van der Waals surface area contributed by atoms with Gasteiger partial charge in [-0.3, -0.25) is 0 Å². The Hall–Kier alpha value is -0.380. The molecule has 1 atom stereocenters. The summed E-state index contributed by atoms with van der Waals surface area (Å²) in [5.41, 5.74) is 1.39. The summed E-state index contributed by atoms with van der Waals surface area (Å²) in [6, 6.07) is 8.60. The molecule has 88 valence electrons. The molecule has 0 bridgehead atoms. The Kier molecular flexibility index (Phi) is 4.38. The van der Waals surface area contributed by atoms with E-state index in [9.17, 15) is 0 Å². The van der Waals surface area contributed by atoms with Crippen molar-refractivity contribution in [2.75, 3.05) is 26.7 Å². The van der Waals surface area contributed by atoms with Crippen LogP contribution in [-0.4, -0.2) is 31.6 Å². The molecule has 1 aromatic carbocycles. The summed E-state index contributed by atoms with van der Waals surface area (Å²) in [7, 11) is 2.21. The maximum absolute atomic E-state index is 3.46. The van der Waals surface area contributed by atoms with Crippen LogP contribution in [0.25, 0.3) is 0 Å². The van der Waals surface area contributed by atoms with Gasteiger partial charge < -0.3 is 10.2 Å². The van der Waals surface area contributed by atoms with Crippen molar-refractivity contribution in [1.29, 1.82) is 0 Å². The van der Waals surface area contributed by atoms with E-state index in [0.29, 0.717) is 0 Å². The lowest BCUT2D eigenvalue weighted by Gasteiger charge is -2.20. The Morgan fingerprint density at radius 2 is 2.12 bits per heavy atom. The number of benzene rings is 1. The molecule has 1 N–H and O–H groups in total. The summed E-state index contributed by atoms with van der Waals surface area (Å²) in [5, 5.41) is 3.42. The van der Waals surface area contributed by atoms with E-state index in [-0.39, 0.29) is 0 Å². The molecule has 0 aromatic heterocycles. The number of nitrogens with zero attached hydrogens (tertiary/aromatic N) is 1. The first-order valence-electron chi connectivity index (χ1n) is 5.88. The lowest BCUT2D eigenvalue weighted by molar-refractivity contribution is 0.278. The first kappa shape index (κ1) is 12.1. The number of nitrogens with one attached hydrogen (secondary N) is 1. The first-order chi connectivity index (χ1) is 7.74. The Labute approximate surface area is 106 Å². The van der Waals surface area contributed by atoms with E-state index in [1.54, 1.807) is 0 Å². The van der Waals surface area contributed by atoms with Crippen molar-refractivity contribution >= 4 is 15.9 Å². The standard InChI is InChI=1S/C13H19BrN2/c1-16(10-12-6-7-15-8-12)9-11-2-4-13(14)5-3-11/h2-5,12,15H,6-10H2,1H3. The Morgan fingerprint density at radius 3 is 2.75 bits per heavy atom. The lowest BCUT2D eigenvalue weighted by Crippen LogP contribution is -2.26. The quantitative estimate of drug-likeness (QED) is 0.913. The number of hydrogen-bond donors (Lipinski definition) is 1. The van der Waals surface area contributed by atoms with E-state index in [1.165, 1.54) is 31.6 Å². The zero-order valence-corrected chi connectivity index (χ0v) is 11.3. The van der Waals surface area contributed by atoms with Crippen LogP contribution >= 0.6 is 15.9 Å². The predicted octanol–water partition coefficient (Wildman–Crippen LogP) is 2.49. The average Bonchev–Trinajstić information content (AvgIpc) is 2.74. The fourth-order valence-corrected chi connectivity index (χ4v) is 2.54. The SMILES string of the molecule is CN(Cc1ccc(Br)cc1)CC1CCNC1. The van der Waals surface area contributed by atoms with Crippen LogP contribution in [-0.2, 0) is 6.54 Å². The van der Waals surface area contributed by atoms with Gasteiger partial charge >= 0.3 is 0 Å². The summed E-state index contributed by atoms with van der Waals surface area (Å²) in [6.45, 7) is 4.62. The topological polar surface area (TPSA) is 15.3 Å². The van der Waals surface area contributed by atoms with Crippen molar-refractivity contribution in [3.63, 3.8) is 0 Å². The van der Waals surface area contributed by atoms with E-state index < -0.39 is 0 Å². The van der Waals surface area contributed by atoms with Crippen LogP contribution in [0.5, 0.6) is 0 Å². The van der Waals surface area contributed by atoms with Crippen LogP contribution in [0.2, 0.25) is 0 Å². The van der Waals surface area contributed by atoms with E-state index in [1.807, 2.05) is 0 Å². The van der Waals surface area contributed by atoms with Gasteiger partial charge in [0.15, 0.2) is 0 Å². The third kappa shape index (κ3) is 3.58. The summed E-state index contributed by atoms with van der Waals surface area (Å²) in [6.07, 6.45) is 1.32. The van der Waals surface area contributed by atoms with Crippen molar-refractivity contribution in [1.82, 2.24) is 10.2 Å². The third-order valence-electron chi connectivity index (χ3n) is 3.10. The molecule has 1 aromatic rings. The van der Waals surface area contributed by atoms with Crippen molar-refractivity contribution in [2.24, 2.45) is 5.92 Å². The second-order valence-corrected chi connectivity index (χ2v) is 5.60. The summed E-state index contributed by atoms with van der Waals surface area (Å²) in [5.74, 6) is 0.834. The first-order valence-corrected chi connectivity index (χ1v) is 6.67. The molecule has 0 amide bonds. The minimum absolute atomic E-state index is 0.834. The van der Waals surface area contributed by atoms with Gasteiger partial charge in [0, 0.05) is 17.6 Å². The van der Waals surface area contributed by atoms with Crippen LogP contribution in [0.15, 0.2) is 28.7 Å². The van der Waals surface area contributed by atoms with Crippen molar-refractivity contribution in [2.45, 2.75) is 13.0 Å². The smallest absolute Gasteiger partial charge is 0.0230 e. The van der Waals surface area contributed by atoms with Crippen LogP contribution in [0.1, 0.15) is 12.0 Å². The summed E-state index contributed by atoms with van der Waals surface area (Å²) in [4.78, 5) is 2.42. The molecule has 0 aliphatic carbocycles. The van der Waals surface area contributed by atoms with Crippen LogP contribution in [0.3, 0.4) is 0 Å². The van der Waals surface area contributed by atoms with Gasteiger partial charge in [0.05, 0.1) is 0 Å². The Bertz CT molecular complexity index is 317. The molecule has 3 heteroatoms. The number of rotatable bonds is 4. The van der Waals surface area contributed by atoms with Gasteiger partial charge in [-0.25, -0.2) is 0 Å². The molecule has 0 spiro atoms. The van der Waals surface area contributed by atoms with E-state index in [2.05, 4.69) is 57.5 Å². The highest BCUT2D eigenvalue weighted by Gasteiger charge is 2.16. The molecule has 2 rings (SSSR count). The second-order valence-electron chi connectivity index (χ2n) is 4.68. The summed E-state index contributed by atoms with van der Waals surface area (Å²) >= 11 is 3.46. The minimum Gasteiger partial charge on any atom is -0.316 e. The van der Waals surface area contributed by atoms with Gasteiger partial charge in [-0.05, 0) is 50.2 Å². The molecule has 1 aliphatic heterocycles. The lowest BCUT2D eigenvalue weighted by atomic mass is 10.1. The van der Waals surface area contributed by atoms with Gasteiger partial charge in [-0.1, -0.05) is 28.1 Å².